The molecular formula is C11H20N2O3. The highest BCUT2D eigenvalue weighted by molar-refractivity contribution is 5.79. The summed E-state index contributed by atoms with van der Waals surface area (Å²) in [5.74, 6) is 0.0764. The molecular weight excluding hydrogens is 208 g/mol. The summed E-state index contributed by atoms with van der Waals surface area (Å²) in [4.78, 5) is 24.1. The minimum atomic E-state index is -0.718. The van der Waals surface area contributed by atoms with E-state index in [0.717, 1.165) is 12.8 Å². The molecule has 0 aliphatic carbocycles. The van der Waals surface area contributed by atoms with E-state index in [2.05, 4.69) is 6.92 Å². The molecule has 1 saturated heterocycles. The van der Waals surface area contributed by atoms with Crippen molar-refractivity contribution in [2.75, 3.05) is 6.54 Å². The van der Waals surface area contributed by atoms with Crippen LogP contribution in [0.15, 0.2) is 0 Å². The van der Waals surface area contributed by atoms with Crippen molar-refractivity contribution < 1.29 is 9.72 Å². The minimum absolute atomic E-state index is 0.0613. The van der Waals surface area contributed by atoms with Gasteiger partial charge in [0.05, 0.1) is 6.42 Å². The fraction of sp³-hybridized carbons (Fsp3) is 0.909. The topological polar surface area (TPSA) is 63.5 Å². The van der Waals surface area contributed by atoms with Crippen LogP contribution in [0.3, 0.4) is 0 Å². The third kappa shape index (κ3) is 2.51. The zero-order valence-electron chi connectivity index (χ0n) is 10.2. The van der Waals surface area contributed by atoms with Gasteiger partial charge in [0.1, 0.15) is 6.04 Å². The quantitative estimate of drug-likeness (QED) is 0.531. The predicted molar refractivity (Wildman–Crippen MR) is 60.6 cm³/mol. The summed E-state index contributed by atoms with van der Waals surface area (Å²) >= 11 is 0. The van der Waals surface area contributed by atoms with Crippen molar-refractivity contribution in [2.24, 2.45) is 5.92 Å². The Morgan fingerprint density at radius 1 is 1.56 bits per heavy atom. The second-order valence-corrected chi connectivity index (χ2v) is 4.73. The summed E-state index contributed by atoms with van der Waals surface area (Å²) < 4.78 is 0. The number of hydrogen-bond donors (Lipinski definition) is 0. The maximum absolute atomic E-state index is 11.7. The average molecular weight is 228 g/mol. The molecule has 92 valence electrons. The standard InChI is InChI=1S/C11H20N2O3/c1-4-5-6-12-10(14)7-9(13(15)16)11(12)8(2)3/h8-9,11H,4-7H2,1-3H3/t9-,11+/m0/s1. The zero-order valence-corrected chi connectivity index (χ0v) is 10.2. The van der Waals surface area contributed by atoms with Gasteiger partial charge < -0.3 is 4.90 Å². The maximum atomic E-state index is 11.7. The van der Waals surface area contributed by atoms with Crippen LogP contribution in [0.5, 0.6) is 0 Å². The molecule has 1 aliphatic heterocycles. The number of nitrogens with zero attached hydrogens (tertiary/aromatic N) is 2. The predicted octanol–water partition coefficient (Wildman–Crippen LogP) is 1.69. The molecule has 2 atom stereocenters. The molecule has 0 radical (unpaired) electrons. The van der Waals surface area contributed by atoms with E-state index in [-0.39, 0.29) is 29.2 Å². The summed E-state index contributed by atoms with van der Waals surface area (Å²) in [6, 6.07) is -0.946. The molecule has 0 unspecified atom stereocenters. The van der Waals surface area contributed by atoms with Crippen molar-refractivity contribution >= 4 is 5.91 Å². The molecule has 1 aliphatic rings. The number of carbonyl (C=O) groups excluding carboxylic acids is 1. The molecule has 1 amide bonds. The Hall–Kier alpha value is -1.13. The van der Waals surface area contributed by atoms with Gasteiger partial charge in [-0.2, -0.15) is 0 Å². The number of rotatable bonds is 5. The van der Waals surface area contributed by atoms with Crippen LogP contribution in [0, 0.1) is 16.0 Å². The molecule has 1 heterocycles. The van der Waals surface area contributed by atoms with Gasteiger partial charge in [-0.25, -0.2) is 0 Å². The van der Waals surface area contributed by atoms with Crippen molar-refractivity contribution in [1.82, 2.24) is 4.90 Å². The third-order valence-corrected chi connectivity index (χ3v) is 3.16. The van der Waals surface area contributed by atoms with Crippen LogP contribution in [0.4, 0.5) is 0 Å². The first kappa shape index (κ1) is 12.9. The van der Waals surface area contributed by atoms with Crippen LogP contribution in [0.25, 0.3) is 0 Å². The Morgan fingerprint density at radius 2 is 2.19 bits per heavy atom. The first-order valence-corrected chi connectivity index (χ1v) is 5.92. The van der Waals surface area contributed by atoms with Gasteiger partial charge >= 0.3 is 0 Å². The van der Waals surface area contributed by atoms with Gasteiger partial charge in [-0.15, -0.1) is 0 Å². The molecule has 0 aromatic heterocycles. The second kappa shape index (κ2) is 5.27. The Balaban J connectivity index is 2.80. The Kier molecular flexibility index (Phi) is 4.26. The first-order chi connectivity index (χ1) is 7.49. The number of unbranched alkanes of at least 4 members (excludes halogenated alkanes) is 1. The van der Waals surface area contributed by atoms with Crippen LogP contribution >= 0.6 is 0 Å². The lowest BCUT2D eigenvalue weighted by Crippen LogP contribution is -2.43. The zero-order chi connectivity index (χ0) is 12.3. The van der Waals surface area contributed by atoms with E-state index in [1.165, 1.54) is 0 Å². The molecule has 1 rings (SSSR count). The van der Waals surface area contributed by atoms with E-state index in [1.54, 1.807) is 4.90 Å². The average Bonchev–Trinajstić information content (AvgIpc) is 2.52. The van der Waals surface area contributed by atoms with E-state index in [1.807, 2.05) is 13.8 Å². The largest absolute Gasteiger partial charge is 0.332 e. The fourth-order valence-corrected chi connectivity index (χ4v) is 2.40. The molecule has 5 heteroatoms. The van der Waals surface area contributed by atoms with Crippen LogP contribution in [0.1, 0.15) is 40.0 Å². The molecule has 0 aromatic rings. The molecule has 5 nitrogen and oxygen atoms in total. The molecule has 0 N–H and O–H groups in total. The lowest BCUT2D eigenvalue weighted by molar-refractivity contribution is -0.525. The number of amides is 1. The van der Waals surface area contributed by atoms with Crippen molar-refractivity contribution in [3.63, 3.8) is 0 Å². The SMILES string of the molecule is CCCCN1C(=O)C[C@H]([N+](=O)[O-])[C@H]1C(C)C. The lowest BCUT2D eigenvalue weighted by atomic mass is 9.97. The normalized spacial score (nSPS) is 25.5. The Morgan fingerprint density at radius 3 is 2.62 bits per heavy atom. The third-order valence-electron chi connectivity index (χ3n) is 3.16. The van der Waals surface area contributed by atoms with E-state index in [9.17, 15) is 14.9 Å². The van der Waals surface area contributed by atoms with Gasteiger partial charge in [-0.05, 0) is 12.3 Å². The van der Waals surface area contributed by atoms with Gasteiger partial charge in [-0.3, -0.25) is 14.9 Å². The molecule has 0 spiro atoms. The van der Waals surface area contributed by atoms with Crippen molar-refractivity contribution in [3.8, 4) is 0 Å². The van der Waals surface area contributed by atoms with Crippen molar-refractivity contribution in [3.05, 3.63) is 10.1 Å². The van der Waals surface area contributed by atoms with E-state index in [4.69, 9.17) is 0 Å². The molecule has 0 aromatic carbocycles. The summed E-state index contributed by atoms with van der Waals surface area (Å²) in [6.07, 6.45) is 1.98. The van der Waals surface area contributed by atoms with E-state index < -0.39 is 6.04 Å². The van der Waals surface area contributed by atoms with Crippen LogP contribution < -0.4 is 0 Å². The van der Waals surface area contributed by atoms with Crippen LogP contribution in [0.2, 0.25) is 0 Å². The number of carbonyl (C=O) groups is 1. The number of nitro groups is 1. The summed E-state index contributed by atoms with van der Waals surface area (Å²) in [5, 5.41) is 10.9. The van der Waals surface area contributed by atoms with Gasteiger partial charge in [0.15, 0.2) is 0 Å². The fourth-order valence-electron chi connectivity index (χ4n) is 2.40. The molecule has 1 fully saturated rings. The minimum Gasteiger partial charge on any atom is -0.332 e. The van der Waals surface area contributed by atoms with E-state index in [0.29, 0.717) is 6.54 Å². The Bertz CT molecular complexity index is 278. The van der Waals surface area contributed by atoms with Crippen LogP contribution in [-0.2, 0) is 4.79 Å². The van der Waals surface area contributed by atoms with Gasteiger partial charge in [0, 0.05) is 11.5 Å². The van der Waals surface area contributed by atoms with Gasteiger partial charge in [0.25, 0.3) is 0 Å². The van der Waals surface area contributed by atoms with Gasteiger partial charge in [-0.1, -0.05) is 27.2 Å². The number of likely N-dealkylation sites (tertiary alicyclic amines) is 1. The Labute approximate surface area is 96.0 Å². The molecule has 16 heavy (non-hydrogen) atoms. The highest BCUT2D eigenvalue weighted by Crippen LogP contribution is 2.27. The highest BCUT2D eigenvalue weighted by Gasteiger charge is 2.48. The van der Waals surface area contributed by atoms with Crippen molar-refractivity contribution in [1.29, 1.82) is 0 Å². The van der Waals surface area contributed by atoms with Gasteiger partial charge in [0.2, 0.25) is 11.9 Å². The molecule has 0 saturated carbocycles. The smallest absolute Gasteiger partial charge is 0.242 e. The molecule has 0 bridgehead atoms. The highest BCUT2D eigenvalue weighted by atomic mass is 16.6. The van der Waals surface area contributed by atoms with Crippen molar-refractivity contribution in [2.45, 2.75) is 52.1 Å². The van der Waals surface area contributed by atoms with Crippen LogP contribution in [-0.4, -0.2) is 34.4 Å². The second-order valence-electron chi connectivity index (χ2n) is 4.73. The monoisotopic (exact) mass is 228 g/mol. The number of hydrogen-bond acceptors (Lipinski definition) is 3. The lowest BCUT2D eigenvalue weighted by Gasteiger charge is -2.27. The van der Waals surface area contributed by atoms with E-state index >= 15 is 0 Å². The summed E-state index contributed by atoms with van der Waals surface area (Å²) in [6.45, 7) is 6.59. The summed E-state index contributed by atoms with van der Waals surface area (Å²) in [7, 11) is 0. The maximum Gasteiger partial charge on any atom is 0.242 e. The first-order valence-electron chi connectivity index (χ1n) is 5.92. The summed E-state index contributed by atoms with van der Waals surface area (Å²) in [5.41, 5.74) is 0.